The van der Waals surface area contributed by atoms with Gasteiger partial charge in [0.25, 0.3) is 0 Å². The zero-order chi connectivity index (χ0) is 28.7. The molecule has 0 fully saturated rings. The van der Waals surface area contributed by atoms with E-state index >= 15 is 0 Å². The van der Waals surface area contributed by atoms with Gasteiger partial charge in [0.05, 0.1) is 0 Å². The molecule has 0 aliphatic carbocycles. The van der Waals surface area contributed by atoms with Gasteiger partial charge in [-0.3, -0.25) is 12.1 Å². The maximum atomic E-state index is 6.57. The number of hydrogen-bond donors (Lipinski definition) is 0. The number of aromatic nitrogens is 2. The molecule has 7 heteroatoms. The first-order valence-electron chi connectivity index (χ1n) is 13.2. The average molecular weight is 930 g/mol. The Kier molecular flexibility index (Phi) is 11.4. The van der Waals surface area contributed by atoms with Crippen molar-refractivity contribution in [2.75, 3.05) is 11.9 Å². The number of nitrogens with zero attached hydrogens (tertiary/aromatic N) is 4. The Morgan fingerprint density at radius 3 is 2.39 bits per heavy atom. The third-order valence-corrected chi connectivity index (χ3v) is 6.35. The molecule has 2 aromatic heterocycles. The van der Waals surface area contributed by atoms with Gasteiger partial charge in [-0.1, -0.05) is 18.2 Å². The van der Waals surface area contributed by atoms with Crippen LogP contribution in [0.3, 0.4) is 0 Å². The van der Waals surface area contributed by atoms with Crippen molar-refractivity contribution in [2.45, 2.75) is 0 Å². The van der Waals surface area contributed by atoms with Crippen LogP contribution >= 0.6 is 0 Å². The van der Waals surface area contributed by atoms with Crippen LogP contribution in [0.4, 0.5) is 5.69 Å². The predicted octanol–water partition coefficient (Wildman–Crippen LogP) is 7.58. The van der Waals surface area contributed by atoms with Crippen molar-refractivity contribution in [3.05, 3.63) is 159 Å². The molecular weight excluding hydrogens is 907 g/mol. The minimum absolute atomic E-state index is 0. The van der Waals surface area contributed by atoms with Crippen molar-refractivity contribution in [3.63, 3.8) is 0 Å². The Bertz CT molecular complexity index is 1880. The van der Waals surface area contributed by atoms with E-state index in [9.17, 15) is 0 Å². The molecule has 0 unspecified atom stereocenters. The first-order chi connectivity index (χ1) is 20.7. The van der Waals surface area contributed by atoms with Gasteiger partial charge in [0, 0.05) is 39.2 Å². The molecule has 1 aliphatic rings. The summed E-state index contributed by atoms with van der Waals surface area (Å²) in [5.74, 6) is 1.19. The minimum Gasteiger partial charge on any atom is -0.669 e. The average Bonchev–Trinajstić information content (AvgIpc) is 3.74. The van der Waals surface area contributed by atoms with Crippen LogP contribution in [0.2, 0.25) is 0 Å². The third-order valence-electron chi connectivity index (χ3n) is 6.35. The van der Waals surface area contributed by atoms with E-state index in [1.165, 1.54) is 0 Å². The second kappa shape index (κ2) is 15.4. The Labute approximate surface area is 287 Å². The Morgan fingerprint density at radius 2 is 1.66 bits per heavy atom. The molecule has 0 amide bonds. The molecule has 0 saturated heterocycles. The number of anilines is 1. The van der Waals surface area contributed by atoms with E-state index in [-0.39, 0.29) is 42.1 Å². The molecule has 6 aromatic rings. The molecule has 4 aromatic carbocycles. The summed E-state index contributed by atoms with van der Waals surface area (Å²) in [6.07, 6.45) is 15.8. The SMILES string of the molecule is CN1C=CN(c2[c-]c(Oc3[c-]c(-c4[c-]c(-c5[c-]cccc5)ccn4)[c-]c4ccccc34)ccc2)[CH-]1.[C-]#Cn1cccc1.[Pt+4].[Pt]. The Hall–Kier alpha value is -4.35. The van der Waals surface area contributed by atoms with Crippen LogP contribution in [0.5, 0.6) is 11.5 Å². The summed E-state index contributed by atoms with van der Waals surface area (Å²) in [6.45, 7) is 1.98. The van der Waals surface area contributed by atoms with E-state index in [2.05, 4.69) is 41.4 Å². The fourth-order valence-electron chi connectivity index (χ4n) is 4.33. The fraction of sp³-hybridized carbons (Fsp3) is 0.0270. The minimum atomic E-state index is 0. The molecule has 1 aliphatic heterocycles. The van der Waals surface area contributed by atoms with Crippen molar-refractivity contribution in [2.24, 2.45) is 0 Å². The standard InChI is InChI=1S/C31H19N3O.C6H4N.2Pt/c1-33-16-17-34(22-33)27-11-7-12-28(21-27)35-31-20-26(18-25-10-5-6-13-29(25)31)30-19-24(14-15-32-30)23-8-3-2-4-9-23;1-2-7-5-3-4-6-7;;/h2-8,10-17,22H,1H3;3-6H;;/q-6;-1;;+4. The third kappa shape index (κ3) is 7.77. The van der Waals surface area contributed by atoms with Gasteiger partial charge >= 0.3 is 21.1 Å². The van der Waals surface area contributed by atoms with E-state index in [0.717, 1.165) is 27.6 Å². The van der Waals surface area contributed by atoms with Gasteiger partial charge in [0.1, 0.15) is 0 Å². The maximum absolute atomic E-state index is 6.57. The Morgan fingerprint density at radius 1 is 0.841 bits per heavy atom. The summed E-state index contributed by atoms with van der Waals surface area (Å²) in [6, 6.07) is 46.2. The maximum Gasteiger partial charge on any atom is 4.00 e. The van der Waals surface area contributed by atoms with Gasteiger partial charge in [-0.05, 0) is 43.5 Å². The van der Waals surface area contributed by atoms with Crippen LogP contribution in [0.15, 0.2) is 116 Å². The normalized spacial score (nSPS) is 11.5. The van der Waals surface area contributed by atoms with E-state index in [1.54, 1.807) is 23.2 Å². The second-order valence-electron chi connectivity index (χ2n) is 9.30. The summed E-state index contributed by atoms with van der Waals surface area (Å²) in [4.78, 5) is 8.51. The number of ether oxygens (including phenoxy) is 1. The molecule has 0 N–H and O–H groups in total. The molecule has 0 radical (unpaired) electrons. The van der Waals surface area contributed by atoms with Gasteiger partial charge < -0.3 is 42.1 Å². The van der Waals surface area contributed by atoms with E-state index < -0.39 is 0 Å². The van der Waals surface area contributed by atoms with Crippen LogP contribution < -0.4 is 9.64 Å². The van der Waals surface area contributed by atoms with Crippen molar-refractivity contribution in [1.29, 1.82) is 0 Å². The molecule has 220 valence electrons. The smallest absolute Gasteiger partial charge is 0.669 e. The quantitative estimate of drug-likeness (QED) is 0.132. The number of rotatable bonds is 5. The fourth-order valence-corrected chi connectivity index (χ4v) is 4.33. The van der Waals surface area contributed by atoms with E-state index in [0.29, 0.717) is 22.8 Å². The second-order valence-corrected chi connectivity index (χ2v) is 9.30. The number of benzene rings is 4. The number of fused-ring (bicyclic) bond motifs is 1. The van der Waals surface area contributed by atoms with Crippen molar-refractivity contribution in [3.8, 4) is 39.9 Å². The Balaban J connectivity index is 0.000000436. The molecule has 7 rings (SSSR count). The molecule has 0 spiro atoms. The number of pyridine rings is 1. The summed E-state index contributed by atoms with van der Waals surface area (Å²) >= 11 is 0. The van der Waals surface area contributed by atoms with Gasteiger partial charge in [0.15, 0.2) is 0 Å². The van der Waals surface area contributed by atoms with Gasteiger partial charge in [0.2, 0.25) is 0 Å². The molecule has 44 heavy (non-hydrogen) atoms. The molecule has 0 saturated carbocycles. The summed E-state index contributed by atoms with van der Waals surface area (Å²) in [5.41, 5.74) is 4.09. The molecule has 3 heterocycles. The van der Waals surface area contributed by atoms with Crippen LogP contribution in [-0.4, -0.2) is 21.5 Å². The van der Waals surface area contributed by atoms with Crippen molar-refractivity contribution >= 4 is 16.5 Å². The van der Waals surface area contributed by atoms with Crippen molar-refractivity contribution in [1.82, 2.24) is 14.5 Å². The molecular formula is C37H23N4OPt2-3. The monoisotopic (exact) mass is 929 g/mol. The van der Waals surface area contributed by atoms with Gasteiger partial charge in [-0.25, -0.2) is 17.2 Å². The first-order valence-corrected chi connectivity index (χ1v) is 13.2. The topological polar surface area (TPSA) is 33.5 Å². The summed E-state index contributed by atoms with van der Waals surface area (Å²) in [7, 11) is 1.98. The zero-order valence-corrected chi connectivity index (χ0v) is 27.9. The van der Waals surface area contributed by atoms with E-state index in [1.807, 2.05) is 121 Å². The first kappa shape index (κ1) is 32.6. The summed E-state index contributed by atoms with van der Waals surface area (Å²) < 4.78 is 7.88. The molecule has 0 bridgehead atoms. The summed E-state index contributed by atoms with van der Waals surface area (Å²) in [5, 5.41) is 1.83. The molecule has 0 atom stereocenters. The van der Waals surface area contributed by atoms with Gasteiger partial charge in [-0.15, -0.1) is 41.4 Å². The largest absolute Gasteiger partial charge is 4.00 e. The predicted molar refractivity (Wildman–Crippen MR) is 164 cm³/mol. The van der Waals surface area contributed by atoms with Gasteiger partial charge in [-0.2, -0.15) is 54.1 Å². The van der Waals surface area contributed by atoms with Crippen LogP contribution in [0.25, 0.3) is 33.2 Å². The van der Waals surface area contributed by atoms with Crippen LogP contribution in [0, 0.1) is 49.5 Å². The molecule has 5 nitrogen and oxygen atoms in total. The van der Waals surface area contributed by atoms with Crippen molar-refractivity contribution < 1.29 is 46.9 Å². The number of hydrogen-bond acceptors (Lipinski definition) is 4. The van der Waals surface area contributed by atoms with Crippen LogP contribution in [0.1, 0.15) is 0 Å². The van der Waals surface area contributed by atoms with Crippen LogP contribution in [-0.2, 0) is 42.1 Å². The zero-order valence-electron chi connectivity index (χ0n) is 23.4. The van der Waals surface area contributed by atoms with E-state index in [4.69, 9.17) is 11.2 Å².